The summed E-state index contributed by atoms with van der Waals surface area (Å²) in [6.45, 7) is 0. The SMILES string of the molecule is O=C(O)c1cnnc2c(Cl)cccc12. The molecule has 1 aromatic carbocycles. The lowest BCUT2D eigenvalue weighted by atomic mass is 10.1. The molecule has 1 heterocycles. The molecule has 0 atom stereocenters. The van der Waals surface area contributed by atoms with Gasteiger partial charge in [-0.05, 0) is 6.07 Å². The minimum Gasteiger partial charge on any atom is -0.478 e. The van der Waals surface area contributed by atoms with Crippen molar-refractivity contribution in [3.63, 3.8) is 0 Å². The topological polar surface area (TPSA) is 63.1 Å². The lowest BCUT2D eigenvalue weighted by Crippen LogP contribution is -2.00. The quantitative estimate of drug-likeness (QED) is 0.779. The van der Waals surface area contributed by atoms with Crippen molar-refractivity contribution >= 4 is 28.5 Å². The van der Waals surface area contributed by atoms with E-state index in [2.05, 4.69) is 10.2 Å². The molecule has 0 amide bonds. The number of halogens is 1. The fraction of sp³-hybridized carbons (Fsp3) is 0. The summed E-state index contributed by atoms with van der Waals surface area (Å²) in [6.07, 6.45) is 1.21. The molecule has 0 saturated heterocycles. The fourth-order valence-electron chi connectivity index (χ4n) is 1.22. The molecular formula is C9H5ClN2O2. The standard InChI is InChI=1S/C9H5ClN2O2/c10-7-3-1-2-5-6(9(13)14)4-11-12-8(5)7/h1-4H,(H,13,14). The summed E-state index contributed by atoms with van der Waals surface area (Å²) >= 11 is 5.84. The minimum absolute atomic E-state index is 0.109. The van der Waals surface area contributed by atoms with Crippen molar-refractivity contribution in [2.24, 2.45) is 0 Å². The minimum atomic E-state index is -1.04. The number of hydrogen-bond acceptors (Lipinski definition) is 3. The molecule has 0 aliphatic heterocycles. The normalized spacial score (nSPS) is 10.4. The van der Waals surface area contributed by atoms with Crippen LogP contribution in [0.2, 0.25) is 5.02 Å². The zero-order valence-electron chi connectivity index (χ0n) is 6.94. The third-order valence-corrected chi connectivity index (χ3v) is 2.16. The van der Waals surface area contributed by atoms with Crippen LogP contribution in [0.5, 0.6) is 0 Å². The van der Waals surface area contributed by atoms with Crippen LogP contribution in [-0.2, 0) is 0 Å². The second kappa shape index (κ2) is 3.23. The van der Waals surface area contributed by atoms with Gasteiger partial charge >= 0.3 is 5.97 Å². The van der Waals surface area contributed by atoms with Gasteiger partial charge in [0, 0.05) is 5.39 Å². The van der Waals surface area contributed by atoms with Crippen molar-refractivity contribution in [2.75, 3.05) is 0 Å². The second-order valence-corrected chi connectivity index (χ2v) is 3.11. The molecule has 5 heteroatoms. The van der Waals surface area contributed by atoms with E-state index in [1.165, 1.54) is 6.20 Å². The fourth-order valence-corrected chi connectivity index (χ4v) is 1.43. The third kappa shape index (κ3) is 1.29. The van der Waals surface area contributed by atoms with Crippen LogP contribution in [0.4, 0.5) is 0 Å². The van der Waals surface area contributed by atoms with E-state index in [4.69, 9.17) is 16.7 Å². The average Bonchev–Trinajstić information content (AvgIpc) is 2.17. The Morgan fingerprint density at radius 3 is 2.93 bits per heavy atom. The van der Waals surface area contributed by atoms with E-state index in [-0.39, 0.29) is 5.56 Å². The average molecular weight is 209 g/mol. The molecule has 0 aliphatic rings. The number of hydrogen-bond donors (Lipinski definition) is 1. The highest BCUT2D eigenvalue weighted by Crippen LogP contribution is 2.22. The maximum atomic E-state index is 10.8. The number of aromatic nitrogens is 2. The molecule has 0 spiro atoms. The van der Waals surface area contributed by atoms with Crippen molar-refractivity contribution in [1.82, 2.24) is 10.2 Å². The molecule has 0 saturated carbocycles. The van der Waals surface area contributed by atoms with E-state index in [0.29, 0.717) is 15.9 Å². The Bertz CT molecular complexity index is 513. The summed E-state index contributed by atoms with van der Waals surface area (Å²) in [5.74, 6) is -1.04. The molecule has 4 nitrogen and oxygen atoms in total. The van der Waals surface area contributed by atoms with E-state index in [1.54, 1.807) is 18.2 Å². The summed E-state index contributed by atoms with van der Waals surface area (Å²) < 4.78 is 0. The van der Waals surface area contributed by atoms with Crippen LogP contribution in [0.3, 0.4) is 0 Å². The van der Waals surface area contributed by atoms with Crippen molar-refractivity contribution in [1.29, 1.82) is 0 Å². The number of aromatic carboxylic acids is 1. The van der Waals surface area contributed by atoms with Gasteiger partial charge in [-0.2, -0.15) is 5.10 Å². The first-order valence-corrected chi connectivity index (χ1v) is 4.21. The highest BCUT2D eigenvalue weighted by molar-refractivity contribution is 6.35. The van der Waals surface area contributed by atoms with Crippen LogP contribution in [0.15, 0.2) is 24.4 Å². The Morgan fingerprint density at radius 1 is 1.43 bits per heavy atom. The van der Waals surface area contributed by atoms with Gasteiger partial charge in [-0.15, -0.1) is 5.10 Å². The first-order valence-electron chi connectivity index (χ1n) is 3.83. The van der Waals surface area contributed by atoms with Gasteiger partial charge in [0.2, 0.25) is 0 Å². The Balaban J connectivity index is 2.88. The Hall–Kier alpha value is -1.68. The van der Waals surface area contributed by atoms with Crippen molar-refractivity contribution in [3.05, 3.63) is 35.0 Å². The maximum Gasteiger partial charge on any atom is 0.338 e. The number of carboxylic acid groups (broad SMARTS) is 1. The molecule has 2 rings (SSSR count). The Kier molecular flexibility index (Phi) is 2.05. The van der Waals surface area contributed by atoms with Crippen molar-refractivity contribution in [2.45, 2.75) is 0 Å². The largest absolute Gasteiger partial charge is 0.478 e. The molecule has 1 N–H and O–H groups in total. The summed E-state index contributed by atoms with van der Waals surface area (Å²) in [5.41, 5.74) is 0.520. The maximum absolute atomic E-state index is 10.8. The van der Waals surface area contributed by atoms with Gasteiger partial charge in [0.1, 0.15) is 5.52 Å². The number of carboxylic acids is 1. The van der Waals surface area contributed by atoms with Gasteiger partial charge in [-0.3, -0.25) is 0 Å². The number of nitrogens with zero attached hydrogens (tertiary/aromatic N) is 2. The van der Waals surface area contributed by atoms with Gasteiger partial charge in [0.05, 0.1) is 16.8 Å². The number of fused-ring (bicyclic) bond motifs is 1. The summed E-state index contributed by atoms with van der Waals surface area (Å²) in [7, 11) is 0. The summed E-state index contributed by atoms with van der Waals surface area (Å²) in [5, 5.41) is 17.1. The first-order chi connectivity index (χ1) is 6.70. The second-order valence-electron chi connectivity index (χ2n) is 2.70. The van der Waals surface area contributed by atoms with Gasteiger partial charge in [0.15, 0.2) is 0 Å². The molecule has 0 fully saturated rings. The van der Waals surface area contributed by atoms with Crippen LogP contribution < -0.4 is 0 Å². The smallest absolute Gasteiger partial charge is 0.338 e. The van der Waals surface area contributed by atoms with E-state index in [1.807, 2.05) is 0 Å². The lowest BCUT2D eigenvalue weighted by Gasteiger charge is -2.00. The van der Waals surface area contributed by atoms with Crippen LogP contribution in [0.25, 0.3) is 10.9 Å². The van der Waals surface area contributed by atoms with Gasteiger partial charge in [-0.1, -0.05) is 23.7 Å². The molecule has 2 aromatic rings. The molecule has 0 aliphatic carbocycles. The van der Waals surface area contributed by atoms with Gasteiger partial charge in [0.25, 0.3) is 0 Å². The van der Waals surface area contributed by atoms with Crippen LogP contribution in [0.1, 0.15) is 10.4 Å². The van der Waals surface area contributed by atoms with Gasteiger partial charge < -0.3 is 5.11 Å². The zero-order valence-corrected chi connectivity index (χ0v) is 7.69. The van der Waals surface area contributed by atoms with Crippen molar-refractivity contribution in [3.8, 4) is 0 Å². The molecular weight excluding hydrogens is 204 g/mol. The van der Waals surface area contributed by atoms with E-state index in [0.717, 1.165) is 0 Å². The van der Waals surface area contributed by atoms with E-state index in [9.17, 15) is 4.79 Å². The first kappa shape index (κ1) is 8.90. The predicted octanol–water partition coefficient (Wildman–Crippen LogP) is 1.98. The Labute approximate surface area is 84.1 Å². The van der Waals surface area contributed by atoms with Crippen LogP contribution in [-0.4, -0.2) is 21.3 Å². The van der Waals surface area contributed by atoms with Crippen LogP contribution in [0, 0.1) is 0 Å². The van der Waals surface area contributed by atoms with E-state index < -0.39 is 5.97 Å². The molecule has 0 bridgehead atoms. The highest BCUT2D eigenvalue weighted by Gasteiger charge is 2.10. The third-order valence-electron chi connectivity index (χ3n) is 1.85. The molecule has 1 aromatic heterocycles. The lowest BCUT2D eigenvalue weighted by molar-refractivity contribution is 0.0698. The number of benzene rings is 1. The molecule has 0 radical (unpaired) electrons. The Morgan fingerprint density at radius 2 is 2.21 bits per heavy atom. The number of rotatable bonds is 1. The highest BCUT2D eigenvalue weighted by atomic mass is 35.5. The van der Waals surface area contributed by atoms with E-state index >= 15 is 0 Å². The van der Waals surface area contributed by atoms with Gasteiger partial charge in [-0.25, -0.2) is 4.79 Å². The zero-order chi connectivity index (χ0) is 10.1. The summed E-state index contributed by atoms with van der Waals surface area (Å²) in [4.78, 5) is 10.8. The summed E-state index contributed by atoms with van der Waals surface area (Å²) in [6, 6.07) is 4.97. The molecule has 0 unspecified atom stereocenters. The van der Waals surface area contributed by atoms with Crippen LogP contribution >= 0.6 is 11.6 Å². The monoisotopic (exact) mass is 208 g/mol. The molecule has 70 valence electrons. The predicted molar refractivity (Wildman–Crippen MR) is 51.5 cm³/mol. The number of carbonyl (C=O) groups is 1. The molecule has 14 heavy (non-hydrogen) atoms. The van der Waals surface area contributed by atoms with Crippen molar-refractivity contribution < 1.29 is 9.90 Å².